The van der Waals surface area contributed by atoms with Gasteiger partial charge in [0.05, 0.1) is 18.6 Å². The molecule has 5 saturated carbocycles. The molecule has 0 amide bonds. The zero-order chi connectivity index (χ0) is 27.2. The molecule has 0 aromatic heterocycles. The van der Waals surface area contributed by atoms with E-state index in [-0.39, 0.29) is 50.9 Å². The van der Waals surface area contributed by atoms with Gasteiger partial charge in [0.15, 0.2) is 5.79 Å². The summed E-state index contributed by atoms with van der Waals surface area (Å²) in [4.78, 5) is 12.5. The lowest BCUT2D eigenvalue weighted by Crippen LogP contribution is -2.76. The van der Waals surface area contributed by atoms with Crippen LogP contribution in [-0.2, 0) is 9.53 Å². The third-order valence-corrected chi connectivity index (χ3v) is 16.1. The molecule has 1 heterocycles. The Labute approximate surface area is 228 Å². The second kappa shape index (κ2) is 7.29. The van der Waals surface area contributed by atoms with Gasteiger partial charge in [0.1, 0.15) is 0 Å². The zero-order valence-corrected chi connectivity index (χ0v) is 24.3. The number of aliphatic hydroxyl groups is 2. The van der Waals surface area contributed by atoms with E-state index in [4.69, 9.17) is 4.74 Å². The fourth-order valence-corrected chi connectivity index (χ4v) is 13.5. The third kappa shape index (κ3) is 2.49. The van der Waals surface area contributed by atoms with Gasteiger partial charge in [-0.15, -0.1) is 0 Å². The minimum atomic E-state index is -1.08. The third-order valence-electron chi connectivity index (χ3n) is 16.1. The number of aliphatic hydroxyl groups excluding tert-OH is 1. The first-order valence-corrected chi connectivity index (χ1v) is 15.6. The first kappa shape index (κ1) is 26.0. The molecule has 0 aromatic rings. The highest BCUT2D eigenvalue weighted by Gasteiger charge is 2.82. The number of carboxylic acids is 1. The Morgan fingerprint density at radius 2 is 1.61 bits per heavy atom. The summed E-state index contributed by atoms with van der Waals surface area (Å²) in [5.74, 6) is -0.649. The molecular weight excluding hydrogens is 476 g/mol. The number of rotatable bonds is 2. The van der Waals surface area contributed by atoms with Gasteiger partial charge in [-0.25, -0.2) is 0 Å². The molecule has 6 fully saturated rings. The summed E-state index contributed by atoms with van der Waals surface area (Å²) in [6.45, 7) is 12.5. The lowest BCUT2D eigenvalue weighted by molar-refractivity contribution is -0.324. The monoisotopic (exact) mass is 526 g/mol. The SMILES string of the molecule is C[C@@H]1[C@]23CC[C@H]4[C@@]5(CC=C[C@@H](C[C@]1(O)OC2)[C@]35CO)CC[C@@]1(C)[C@@H]2C[C@](C)(C(=O)O)CC[C@]2(C)CC[C@]41C. The molecule has 3 N–H and O–H groups in total. The summed E-state index contributed by atoms with van der Waals surface area (Å²) in [6, 6.07) is 0. The molecular formula is C33H50O5. The number of hydrogen-bond acceptors (Lipinski definition) is 4. The van der Waals surface area contributed by atoms with Crippen molar-refractivity contribution >= 4 is 5.97 Å². The summed E-state index contributed by atoms with van der Waals surface area (Å²) in [7, 11) is 0. The van der Waals surface area contributed by atoms with Gasteiger partial charge >= 0.3 is 5.97 Å². The molecule has 0 unspecified atom stereocenters. The maximum absolute atomic E-state index is 12.5. The first-order chi connectivity index (χ1) is 17.7. The molecule has 212 valence electrons. The van der Waals surface area contributed by atoms with Crippen LogP contribution in [0.1, 0.15) is 105 Å². The molecule has 2 spiro atoms. The van der Waals surface area contributed by atoms with Crippen molar-refractivity contribution in [3.8, 4) is 0 Å². The van der Waals surface area contributed by atoms with E-state index in [1.807, 2.05) is 6.92 Å². The highest BCUT2D eigenvalue weighted by Crippen LogP contribution is 2.85. The standard InChI is InChI=1S/C33H50O5/c1-21-31-10-8-23-28(4)14-13-26(2)11-12-27(3,25(35)36)18-24(26)29(28,5)15-16-30(23)9-6-7-22(32(30,31)19-34)17-33(21,37)38-20-31/h6-7,21-24,34,37H,8-20H2,1-5H3,(H,35,36)/t21-,22+,23-,24-,26-,27-,28-,29+,30-,31+,32+,33+/m1/s1. The molecule has 12 atom stereocenters. The van der Waals surface area contributed by atoms with Gasteiger partial charge in [0, 0.05) is 23.2 Å². The van der Waals surface area contributed by atoms with E-state index >= 15 is 0 Å². The molecule has 5 nitrogen and oxygen atoms in total. The van der Waals surface area contributed by atoms with E-state index in [1.165, 1.54) is 12.8 Å². The second-order valence-electron chi connectivity index (χ2n) is 16.4. The number of carbonyl (C=O) groups is 1. The van der Waals surface area contributed by atoms with Crippen LogP contribution in [0.5, 0.6) is 0 Å². The van der Waals surface area contributed by atoms with Crippen molar-refractivity contribution in [1.29, 1.82) is 0 Å². The van der Waals surface area contributed by atoms with Crippen LogP contribution in [0.3, 0.4) is 0 Å². The Balaban J connectivity index is 1.37. The van der Waals surface area contributed by atoms with Crippen LogP contribution < -0.4 is 0 Å². The van der Waals surface area contributed by atoms with Crippen LogP contribution >= 0.6 is 0 Å². The zero-order valence-electron chi connectivity index (χ0n) is 24.3. The Bertz CT molecular complexity index is 1100. The summed E-state index contributed by atoms with van der Waals surface area (Å²) in [5.41, 5.74) is -0.710. The average molecular weight is 527 g/mol. The topological polar surface area (TPSA) is 87.0 Å². The predicted molar refractivity (Wildman–Crippen MR) is 145 cm³/mol. The maximum Gasteiger partial charge on any atom is 0.309 e. The van der Waals surface area contributed by atoms with Crippen LogP contribution in [0.25, 0.3) is 0 Å². The number of hydrogen-bond donors (Lipinski definition) is 3. The summed E-state index contributed by atoms with van der Waals surface area (Å²) < 4.78 is 6.28. The predicted octanol–water partition coefficient (Wildman–Crippen LogP) is 6.18. The Morgan fingerprint density at radius 3 is 2.32 bits per heavy atom. The number of allylic oxidation sites excluding steroid dienone is 2. The van der Waals surface area contributed by atoms with Gasteiger partial charge in [0.25, 0.3) is 0 Å². The van der Waals surface area contributed by atoms with Gasteiger partial charge in [-0.2, -0.15) is 0 Å². The largest absolute Gasteiger partial charge is 0.481 e. The summed E-state index contributed by atoms with van der Waals surface area (Å²) in [6.07, 6.45) is 15.6. The van der Waals surface area contributed by atoms with Gasteiger partial charge in [-0.1, -0.05) is 39.8 Å². The average Bonchev–Trinajstić information content (AvgIpc) is 3.04. The Morgan fingerprint density at radius 1 is 0.921 bits per heavy atom. The van der Waals surface area contributed by atoms with Crippen LogP contribution in [0.15, 0.2) is 12.2 Å². The van der Waals surface area contributed by atoms with Crippen molar-refractivity contribution in [2.24, 2.45) is 61.6 Å². The van der Waals surface area contributed by atoms with Crippen LogP contribution in [0.4, 0.5) is 0 Å². The van der Waals surface area contributed by atoms with Gasteiger partial charge in [0.2, 0.25) is 0 Å². The van der Waals surface area contributed by atoms with Gasteiger partial charge < -0.3 is 20.1 Å². The first-order valence-electron chi connectivity index (χ1n) is 15.6. The molecule has 2 bridgehead atoms. The van der Waals surface area contributed by atoms with Crippen molar-refractivity contribution in [1.82, 2.24) is 0 Å². The molecule has 0 radical (unpaired) electrons. The van der Waals surface area contributed by atoms with E-state index in [2.05, 4.69) is 39.8 Å². The second-order valence-corrected chi connectivity index (χ2v) is 16.4. The number of ether oxygens (including phenoxy) is 1. The van der Waals surface area contributed by atoms with Gasteiger partial charge in [-0.05, 0) is 111 Å². The van der Waals surface area contributed by atoms with Crippen molar-refractivity contribution in [2.75, 3.05) is 13.2 Å². The summed E-state index contributed by atoms with van der Waals surface area (Å²) in [5, 5.41) is 33.4. The maximum atomic E-state index is 12.5. The molecule has 5 heteroatoms. The van der Waals surface area contributed by atoms with Crippen molar-refractivity contribution in [3.05, 3.63) is 12.2 Å². The number of carboxylic acid groups (broad SMARTS) is 1. The molecule has 6 aliphatic carbocycles. The normalized spacial score (nSPS) is 62.3. The lowest BCUT2D eigenvalue weighted by atomic mass is 9.24. The van der Waals surface area contributed by atoms with E-state index in [1.54, 1.807) is 0 Å². The minimum absolute atomic E-state index is 0.00449. The Kier molecular flexibility index (Phi) is 4.99. The number of aliphatic carboxylic acids is 1. The lowest BCUT2D eigenvalue weighted by Gasteiger charge is -2.79. The van der Waals surface area contributed by atoms with E-state index < -0.39 is 17.2 Å². The molecule has 0 aromatic carbocycles. The van der Waals surface area contributed by atoms with Crippen LogP contribution in [0.2, 0.25) is 0 Å². The van der Waals surface area contributed by atoms with Crippen LogP contribution in [0, 0.1) is 61.6 Å². The van der Waals surface area contributed by atoms with Gasteiger partial charge in [-0.3, -0.25) is 4.79 Å². The van der Waals surface area contributed by atoms with Crippen molar-refractivity contribution in [2.45, 2.75) is 111 Å². The van der Waals surface area contributed by atoms with E-state index in [9.17, 15) is 20.1 Å². The highest BCUT2D eigenvalue weighted by molar-refractivity contribution is 5.74. The molecule has 38 heavy (non-hydrogen) atoms. The van der Waals surface area contributed by atoms with Crippen molar-refractivity contribution < 1.29 is 24.9 Å². The highest BCUT2D eigenvalue weighted by atomic mass is 16.6. The molecule has 7 rings (SSSR count). The smallest absolute Gasteiger partial charge is 0.309 e. The summed E-state index contributed by atoms with van der Waals surface area (Å²) >= 11 is 0. The minimum Gasteiger partial charge on any atom is -0.481 e. The Hall–Kier alpha value is -0.910. The molecule has 1 aliphatic heterocycles. The molecule has 7 aliphatic rings. The fraction of sp³-hybridized carbons (Fsp3) is 0.909. The van der Waals surface area contributed by atoms with Crippen molar-refractivity contribution in [3.63, 3.8) is 0 Å². The quantitative estimate of drug-likeness (QED) is 0.374. The number of fused-ring (bicyclic) bond motifs is 5. The fourth-order valence-electron chi connectivity index (χ4n) is 13.5. The van der Waals surface area contributed by atoms with E-state index in [0.717, 1.165) is 51.4 Å². The van der Waals surface area contributed by atoms with E-state index in [0.29, 0.717) is 24.9 Å². The molecule has 1 saturated heterocycles. The van der Waals surface area contributed by atoms with Crippen LogP contribution in [-0.4, -0.2) is 40.3 Å².